The topological polar surface area (TPSA) is 93.5 Å². The molecule has 1 aliphatic carbocycles. The van der Waals surface area contributed by atoms with Crippen molar-refractivity contribution in [3.8, 4) is 33.8 Å². The molecule has 4 aromatic carbocycles. The minimum atomic E-state index is -3.96. The number of rotatable bonds is 9. The van der Waals surface area contributed by atoms with E-state index in [4.69, 9.17) is 32.9 Å². The second-order valence-electron chi connectivity index (χ2n) is 12.3. The number of nitrogens with one attached hydrogen (secondary N) is 1. The molecule has 1 amide bonds. The summed E-state index contributed by atoms with van der Waals surface area (Å²) in [5, 5.41) is 0.988. The third-order valence-corrected chi connectivity index (χ3v) is 10.8. The summed E-state index contributed by atoms with van der Waals surface area (Å²) in [5.41, 5.74) is 5.62. The maximum absolute atomic E-state index is 12.6. The third-order valence-electron chi connectivity index (χ3n) is 8.90. The summed E-state index contributed by atoms with van der Waals surface area (Å²) in [6.45, 7) is 0.486. The highest BCUT2D eigenvalue weighted by Crippen LogP contribution is 2.33. The molecule has 48 heavy (non-hydrogen) atoms. The van der Waals surface area contributed by atoms with Crippen LogP contribution in [-0.4, -0.2) is 37.0 Å². The van der Waals surface area contributed by atoms with Crippen molar-refractivity contribution in [1.29, 1.82) is 0 Å². The van der Waals surface area contributed by atoms with Crippen molar-refractivity contribution in [3.05, 3.63) is 119 Å². The van der Waals surface area contributed by atoms with E-state index >= 15 is 0 Å². The molecule has 0 spiro atoms. The zero-order valence-electron chi connectivity index (χ0n) is 26.1. The number of imidazole rings is 1. The molecule has 0 bridgehead atoms. The lowest BCUT2D eigenvalue weighted by molar-refractivity contribution is -0.117. The molecule has 1 aliphatic heterocycles. The number of carbonyl (C=O) groups excluding carboxylic acids is 1. The zero-order chi connectivity index (χ0) is 33.3. The smallest absolute Gasteiger partial charge is 0.326 e. The van der Waals surface area contributed by atoms with Gasteiger partial charge in [0.05, 0.1) is 23.0 Å². The summed E-state index contributed by atoms with van der Waals surface area (Å²) in [5.74, 6) is 1.67. The average Bonchev–Trinajstić information content (AvgIpc) is 3.63. The van der Waals surface area contributed by atoms with Crippen LogP contribution in [-0.2, 0) is 21.4 Å². The minimum Gasteiger partial charge on any atom is -0.493 e. The van der Waals surface area contributed by atoms with E-state index in [0.717, 1.165) is 44.7 Å². The van der Waals surface area contributed by atoms with Crippen LogP contribution < -0.4 is 13.8 Å². The van der Waals surface area contributed by atoms with Gasteiger partial charge in [-0.15, -0.1) is 0 Å². The fourth-order valence-corrected chi connectivity index (χ4v) is 8.05. The molecule has 1 N–H and O–H groups in total. The maximum Gasteiger partial charge on any atom is 0.326 e. The number of carbonyl (C=O) groups is 1. The van der Waals surface area contributed by atoms with Crippen LogP contribution in [0.15, 0.2) is 97.2 Å². The van der Waals surface area contributed by atoms with Gasteiger partial charge in [0.2, 0.25) is 0 Å². The van der Waals surface area contributed by atoms with Gasteiger partial charge in [0.1, 0.15) is 18.1 Å². The van der Waals surface area contributed by atoms with Crippen molar-refractivity contribution in [2.24, 2.45) is 5.92 Å². The second-order valence-corrected chi connectivity index (χ2v) is 14.7. The summed E-state index contributed by atoms with van der Waals surface area (Å²) in [7, 11) is -3.96. The fraction of sp³-hybridized carbons (Fsp3) is 0.243. The minimum absolute atomic E-state index is 0.282. The summed E-state index contributed by atoms with van der Waals surface area (Å²) < 4.78 is 36.3. The van der Waals surface area contributed by atoms with Crippen LogP contribution >= 0.6 is 23.2 Å². The molecule has 1 aromatic heterocycles. The first-order chi connectivity index (χ1) is 23.2. The molecular weight excluding hydrogens is 667 g/mol. The lowest BCUT2D eigenvalue weighted by Gasteiger charge is -2.21. The summed E-state index contributed by atoms with van der Waals surface area (Å²) in [6.07, 6.45) is 8.79. The molecule has 1 saturated carbocycles. The lowest BCUT2D eigenvalue weighted by Crippen LogP contribution is -2.29. The third kappa shape index (κ3) is 7.09. The predicted molar refractivity (Wildman–Crippen MR) is 190 cm³/mol. The molecule has 11 heteroatoms. The Bertz CT molecular complexity index is 2080. The summed E-state index contributed by atoms with van der Waals surface area (Å²) in [6, 6.07) is 28.9. The molecule has 7 rings (SSSR count). The normalized spacial score (nSPS) is 16.2. The van der Waals surface area contributed by atoms with Gasteiger partial charge in [0.25, 0.3) is 5.91 Å². The summed E-state index contributed by atoms with van der Waals surface area (Å²) in [4.78, 5) is 16.9. The molecule has 1 saturated heterocycles. The van der Waals surface area contributed by atoms with E-state index in [0.29, 0.717) is 39.5 Å². The van der Waals surface area contributed by atoms with Gasteiger partial charge in [-0.1, -0.05) is 84.9 Å². The molecule has 2 heterocycles. The monoisotopic (exact) mass is 700 g/mol. The van der Waals surface area contributed by atoms with E-state index in [1.807, 2.05) is 39.8 Å². The Kier molecular flexibility index (Phi) is 9.18. The van der Waals surface area contributed by atoms with E-state index in [-0.39, 0.29) is 6.54 Å². The molecular formula is C37H34Cl2N4O4S. The first-order valence-corrected chi connectivity index (χ1v) is 18.2. The number of hydrogen-bond donors (Lipinski definition) is 1. The SMILES string of the molecule is O=C1CN(c2cccc(-n3cc(-c4ccc(Cl)cc4Cl)nc3Cc3ccc(-c4cccc(OCC5CCCCC5)c4)cc3)c2)S(=O)(=O)N1. The number of halogens is 2. The molecule has 0 radical (unpaired) electrons. The largest absolute Gasteiger partial charge is 0.493 e. The molecule has 8 nitrogen and oxygen atoms in total. The standard InChI is InChI=1S/C37H34Cl2N4O4S/c38-29-16-17-33(34(39)20-29)35-22-42(30-9-5-10-31(21-30)43-23-37(44)41-48(43,45)46)36(40-35)18-25-12-14-27(15-13-25)28-8-4-11-32(19-28)47-24-26-6-2-1-3-7-26/h4-5,8-17,19-22,26H,1-3,6-7,18,23-24H2,(H,41,44). The van der Waals surface area contributed by atoms with Gasteiger partial charge in [-0.3, -0.25) is 4.79 Å². The number of nitrogens with zero attached hydrogens (tertiary/aromatic N) is 3. The first kappa shape index (κ1) is 32.2. The highest BCUT2D eigenvalue weighted by Gasteiger charge is 2.34. The molecule has 0 atom stereocenters. The molecule has 246 valence electrons. The van der Waals surface area contributed by atoms with Crippen molar-refractivity contribution >= 4 is 45.0 Å². The van der Waals surface area contributed by atoms with Crippen LogP contribution in [0.2, 0.25) is 10.0 Å². The van der Waals surface area contributed by atoms with Crippen LogP contribution in [0.3, 0.4) is 0 Å². The summed E-state index contributed by atoms with van der Waals surface area (Å²) >= 11 is 12.7. The van der Waals surface area contributed by atoms with Crippen LogP contribution in [0.4, 0.5) is 5.69 Å². The van der Waals surface area contributed by atoms with Crippen molar-refractivity contribution in [2.75, 3.05) is 17.5 Å². The Balaban J connectivity index is 1.17. The Labute approximate surface area is 290 Å². The number of ether oxygens (including phenoxy) is 1. The lowest BCUT2D eigenvalue weighted by atomic mass is 9.90. The van der Waals surface area contributed by atoms with Gasteiger partial charge < -0.3 is 9.30 Å². The Hall–Kier alpha value is -4.31. The van der Waals surface area contributed by atoms with Gasteiger partial charge in [-0.25, -0.2) is 14.0 Å². The van der Waals surface area contributed by atoms with Crippen LogP contribution in [0, 0.1) is 5.92 Å². The van der Waals surface area contributed by atoms with Gasteiger partial charge in [0, 0.05) is 28.9 Å². The number of benzene rings is 4. The number of aromatic nitrogens is 2. The quantitative estimate of drug-likeness (QED) is 0.167. The zero-order valence-corrected chi connectivity index (χ0v) is 28.4. The van der Waals surface area contributed by atoms with Crippen molar-refractivity contribution in [3.63, 3.8) is 0 Å². The van der Waals surface area contributed by atoms with Gasteiger partial charge >= 0.3 is 10.2 Å². The van der Waals surface area contributed by atoms with Crippen molar-refractivity contribution in [1.82, 2.24) is 14.3 Å². The number of anilines is 1. The van der Waals surface area contributed by atoms with Crippen LogP contribution in [0.1, 0.15) is 43.5 Å². The Morgan fingerprint density at radius 1 is 0.854 bits per heavy atom. The highest BCUT2D eigenvalue weighted by atomic mass is 35.5. The Morgan fingerprint density at radius 2 is 1.62 bits per heavy atom. The molecule has 5 aromatic rings. The van der Waals surface area contributed by atoms with E-state index in [1.54, 1.807) is 30.3 Å². The second kappa shape index (κ2) is 13.7. The average molecular weight is 702 g/mol. The molecule has 2 aliphatic rings. The van der Waals surface area contributed by atoms with E-state index in [9.17, 15) is 13.2 Å². The Morgan fingerprint density at radius 3 is 2.38 bits per heavy atom. The molecule has 0 unspecified atom stereocenters. The fourth-order valence-electron chi connectivity index (χ4n) is 6.40. The first-order valence-electron chi connectivity index (χ1n) is 16.0. The van der Waals surface area contributed by atoms with E-state index in [2.05, 4.69) is 36.4 Å². The highest BCUT2D eigenvalue weighted by molar-refractivity contribution is 7.92. The van der Waals surface area contributed by atoms with E-state index in [1.165, 1.54) is 32.1 Å². The predicted octanol–water partition coefficient (Wildman–Crippen LogP) is 8.24. The van der Waals surface area contributed by atoms with Crippen molar-refractivity contribution in [2.45, 2.75) is 38.5 Å². The van der Waals surface area contributed by atoms with Gasteiger partial charge in [-0.05, 0) is 84.0 Å². The van der Waals surface area contributed by atoms with Gasteiger partial charge in [-0.2, -0.15) is 8.42 Å². The number of hydrogen-bond acceptors (Lipinski definition) is 5. The molecule has 2 fully saturated rings. The van der Waals surface area contributed by atoms with E-state index < -0.39 is 16.1 Å². The van der Waals surface area contributed by atoms with Crippen molar-refractivity contribution < 1.29 is 17.9 Å². The van der Waals surface area contributed by atoms with Crippen LogP contribution in [0.5, 0.6) is 5.75 Å². The maximum atomic E-state index is 12.6. The van der Waals surface area contributed by atoms with Crippen LogP contribution in [0.25, 0.3) is 28.1 Å². The van der Waals surface area contributed by atoms with Gasteiger partial charge in [0.15, 0.2) is 0 Å². The number of amides is 1.